The molecule has 1 atom stereocenters. The summed E-state index contributed by atoms with van der Waals surface area (Å²) in [5.74, 6) is 0. The van der Waals surface area contributed by atoms with E-state index >= 15 is 0 Å². The Balaban J connectivity index is 1.92. The van der Waals surface area contributed by atoms with Crippen LogP contribution in [0.5, 0.6) is 0 Å². The molecule has 0 radical (unpaired) electrons. The Morgan fingerprint density at radius 3 is 2.27 bits per heavy atom. The molecule has 0 bridgehead atoms. The van der Waals surface area contributed by atoms with Gasteiger partial charge in [-0.3, -0.25) is 14.9 Å². The molecule has 0 spiro atoms. The molecule has 0 saturated carbocycles. The van der Waals surface area contributed by atoms with Crippen LogP contribution in [-0.4, -0.2) is 21.9 Å². The van der Waals surface area contributed by atoms with E-state index in [1.54, 1.807) is 0 Å². The van der Waals surface area contributed by atoms with Gasteiger partial charge in [-0.25, -0.2) is 0 Å². The molecule has 1 unspecified atom stereocenters. The summed E-state index contributed by atoms with van der Waals surface area (Å²) in [7, 11) is 2.13. The van der Waals surface area contributed by atoms with E-state index < -0.39 is 0 Å². The molecule has 0 saturated heterocycles. The van der Waals surface area contributed by atoms with Crippen LogP contribution in [0.2, 0.25) is 0 Å². The quantitative estimate of drug-likeness (QED) is 0.717. The van der Waals surface area contributed by atoms with Crippen molar-refractivity contribution in [3.05, 3.63) is 96.1 Å². The number of pyridine rings is 2. The summed E-state index contributed by atoms with van der Waals surface area (Å²) in [6.45, 7) is 0.846. The molecule has 2 heterocycles. The molecule has 3 rings (SSSR count). The van der Waals surface area contributed by atoms with E-state index in [0.29, 0.717) is 0 Å². The van der Waals surface area contributed by atoms with Gasteiger partial charge in [0.05, 0.1) is 11.7 Å². The number of aromatic nitrogens is 2. The zero-order valence-electron chi connectivity index (χ0n) is 12.6. The first-order valence-electron chi connectivity index (χ1n) is 7.39. The summed E-state index contributed by atoms with van der Waals surface area (Å²) in [5.41, 5.74) is 3.55. The van der Waals surface area contributed by atoms with Crippen LogP contribution in [0.3, 0.4) is 0 Å². The third-order valence-corrected chi connectivity index (χ3v) is 3.71. The lowest BCUT2D eigenvalue weighted by molar-refractivity contribution is 0.266. The highest BCUT2D eigenvalue weighted by Crippen LogP contribution is 2.27. The predicted octanol–water partition coefficient (Wildman–Crippen LogP) is 3.70. The van der Waals surface area contributed by atoms with E-state index in [0.717, 1.165) is 12.2 Å². The Morgan fingerprint density at radius 2 is 1.59 bits per heavy atom. The van der Waals surface area contributed by atoms with E-state index in [1.165, 1.54) is 11.1 Å². The van der Waals surface area contributed by atoms with Crippen molar-refractivity contribution < 1.29 is 0 Å². The van der Waals surface area contributed by atoms with E-state index in [1.807, 2.05) is 36.8 Å². The third-order valence-electron chi connectivity index (χ3n) is 3.71. The number of rotatable bonds is 5. The number of benzene rings is 1. The monoisotopic (exact) mass is 289 g/mol. The van der Waals surface area contributed by atoms with Gasteiger partial charge in [0.1, 0.15) is 0 Å². The number of hydrogen-bond acceptors (Lipinski definition) is 3. The molecule has 110 valence electrons. The second-order valence-corrected chi connectivity index (χ2v) is 5.34. The van der Waals surface area contributed by atoms with Crippen LogP contribution in [0.1, 0.15) is 22.9 Å². The molecule has 0 amide bonds. The van der Waals surface area contributed by atoms with Crippen molar-refractivity contribution in [3.8, 4) is 0 Å². The van der Waals surface area contributed by atoms with Crippen LogP contribution < -0.4 is 0 Å². The van der Waals surface area contributed by atoms with Gasteiger partial charge in [-0.1, -0.05) is 36.4 Å². The molecule has 22 heavy (non-hydrogen) atoms. The highest BCUT2D eigenvalue weighted by atomic mass is 15.1. The van der Waals surface area contributed by atoms with E-state index in [-0.39, 0.29) is 6.04 Å². The molecular formula is C19H19N3. The van der Waals surface area contributed by atoms with Crippen molar-refractivity contribution in [2.75, 3.05) is 7.05 Å². The lowest BCUT2D eigenvalue weighted by atomic mass is 10.0. The average Bonchev–Trinajstić information content (AvgIpc) is 2.58. The van der Waals surface area contributed by atoms with Crippen LogP contribution in [0.15, 0.2) is 79.3 Å². The first-order chi connectivity index (χ1) is 10.8. The molecular weight excluding hydrogens is 270 g/mol. The minimum absolute atomic E-state index is 0.135. The Kier molecular flexibility index (Phi) is 4.56. The summed E-state index contributed by atoms with van der Waals surface area (Å²) >= 11 is 0. The lowest BCUT2D eigenvalue weighted by Crippen LogP contribution is -2.26. The van der Waals surface area contributed by atoms with Crippen LogP contribution in [0, 0.1) is 0 Å². The van der Waals surface area contributed by atoms with E-state index in [2.05, 4.69) is 64.4 Å². The van der Waals surface area contributed by atoms with Gasteiger partial charge in [0.2, 0.25) is 0 Å². The standard InChI is InChI=1S/C19H19N3/c1-22(15-16-10-13-20-14-11-16)19(17-7-3-2-4-8-17)18-9-5-6-12-21-18/h2-14,19H,15H2,1H3. The summed E-state index contributed by atoms with van der Waals surface area (Å²) in [6.07, 6.45) is 5.52. The predicted molar refractivity (Wildman–Crippen MR) is 88.2 cm³/mol. The van der Waals surface area contributed by atoms with Gasteiger partial charge in [-0.15, -0.1) is 0 Å². The highest BCUT2D eigenvalue weighted by Gasteiger charge is 2.20. The number of nitrogens with zero attached hydrogens (tertiary/aromatic N) is 3. The Bertz CT molecular complexity index is 644. The van der Waals surface area contributed by atoms with Crippen molar-refractivity contribution in [2.24, 2.45) is 0 Å². The normalized spacial score (nSPS) is 12.3. The topological polar surface area (TPSA) is 29.0 Å². The van der Waals surface area contributed by atoms with Gasteiger partial charge in [-0.05, 0) is 42.4 Å². The zero-order chi connectivity index (χ0) is 15.2. The highest BCUT2D eigenvalue weighted by molar-refractivity contribution is 5.28. The third kappa shape index (κ3) is 3.38. The first kappa shape index (κ1) is 14.4. The first-order valence-corrected chi connectivity index (χ1v) is 7.39. The van der Waals surface area contributed by atoms with Crippen molar-refractivity contribution in [2.45, 2.75) is 12.6 Å². The fraction of sp³-hybridized carbons (Fsp3) is 0.158. The smallest absolute Gasteiger partial charge is 0.0776 e. The molecule has 2 aromatic heterocycles. The Hall–Kier alpha value is -2.52. The van der Waals surface area contributed by atoms with E-state index in [4.69, 9.17) is 0 Å². The second-order valence-electron chi connectivity index (χ2n) is 5.34. The van der Waals surface area contributed by atoms with Crippen molar-refractivity contribution in [1.29, 1.82) is 0 Å². The average molecular weight is 289 g/mol. The van der Waals surface area contributed by atoms with Gasteiger partial charge in [0, 0.05) is 25.1 Å². The van der Waals surface area contributed by atoms with Gasteiger partial charge in [0.15, 0.2) is 0 Å². The molecule has 0 aliphatic carbocycles. The molecule has 0 aliphatic rings. The van der Waals surface area contributed by atoms with E-state index in [9.17, 15) is 0 Å². The molecule has 1 aromatic carbocycles. The van der Waals surface area contributed by atoms with Crippen molar-refractivity contribution in [1.82, 2.24) is 14.9 Å². The summed E-state index contributed by atoms with van der Waals surface area (Å²) in [6, 6.07) is 20.8. The summed E-state index contributed by atoms with van der Waals surface area (Å²) < 4.78 is 0. The summed E-state index contributed by atoms with van der Waals surface area (Å²) in [4.78, 5) is 11.0. The van der Waals surface area contributed by atoms with Gasteiger partial charge in [0.25, 0.3) is 0 Å². The maximum absolute atomic E-state index is 4.56. The molecule has 0 N–H and O–H groups in total. The van der Waals surface area contributed by atoms with Crippen LogP contribution in [0.25, 0.3) is 0 Å². The Labute approximate surface area is 131 Å². The zero-order valence-corrected chi connectivity index (χ0v) is 12.6. The van der Waals surface area contributed by atoms with Gasteiger partial charge in [-0.2, -0.15) is 0 Å². The molecule has 3 heteroatoms. The maximum Gasteiger partial charge on any atom is 0.0776 e. The molecule has 0 aliphatic heterocycles. The summed E-state index contributed by atoms with van der Waals surface area (Å²) in [5, 5.41) is 0. The van der Waals surface area contributed by atoms with Gasteiger partial charge >= 0.3 is 0 Å². The minimum atomic E-state index is 0.135. The molecule has 3 nitrogen and oxygen atoms in total. The van der Waals surface area contributed by atoms with Crippen LogP contribution >= 0.6 is 0 Å². The maximum atomic E-state index is 4.56. The van der Waals surface area contributed by atoms with Crippen LogP contribution in [0.4, 0.5) is 0 Å². The number of hydrogen-bond donors (Lipinski definition) is 0. The Morgan fingerprint density at radius 1 is 0.864 bits per heavy atom. The minimum Gasteiger partial charge on any atom is -0.290 e. The van der Waals surface area contributed by atoms with Crippen molar-refractivity contribution in [3.63, 3.8) is 0 Å². The molecule has 0 fully saturated rings. The molecule has 3 aromatic rings. The van der Waals surface area contributed by atoms with Gasteiger partial charge < -0.3 is 0 Å². The van der Waals surface area contributed by atoms with Crippen molar-refractivity contribution >= 4 is 0 Å². The fourth-order valence-corrected chi connectivity index (χ4v) is 2.69. The SMILES string of the molecule is CN(Cc1ccncc1)C(c1ccccc1)c1ccccn1. The largest absolute Gasteiger partial charge is 0.290 e. The van der Waals surface area contributed by atoms with Crippen LogP contribution in [-0.2, 0) is 6.54 Å². The lowest BCUT2D eigenvalue weighted by Gasteiger charge is -2.28. The second kappa shape index (κ2) is 6.96. The fourth-order valence-electron chi connectivity index (χ4n) is 2.69.